The van der Waals surface area contributed by atoms with Crippen molar-refractivity contribution in [1.82, 2.24) is 4.72 Å². The monoisotopic (exact) mass is 336 g/mol. The van der Waals surface area contributed by atoms with Crippen molar-refractivity contribution < 1.29 is 13.2 Å². The highest BCUT2D eigenvalue weighted by atomic mass is 35.5. The fourth-order valence-corrected chi connectivity index (χ4v) is 4.45. The molecule has 0 bridgehead atoms. The Balaban J connectivity index is 1.80. The van der Waals surface area contributed by atoms with Crippen LogP contribution in [-0.2, 0) is 14.8 Å². The van der Waals surface area contributed by atoms with Crippen LogP contribution < -0.4 is 10.5 Å². The number of halogens is 2. The second-order valence-electron chi connectivity index (χ2n) is 5.09. The summed E-state index contributed by atoms with van der Waals surface area (Å²) in [6.07, 6.45) is 0.763. The fraction of sp³-hybridized carbons (Fsp3) is 0.500. The summed E-state index contributed by atoms with van der Waals surface area (Å²) >= 11 is 11.6. The normalized spacial score (nSPS) is 32.8. The SMILES string of the molecule is NC1C2CCOC2C1NS(=O)(=O)c1ccc(Cl)c(Cl)c1. The third-order valence-corrected chi connectivity index (χ3v) is 6.14. The third kappa shape index (κ3) is 2.34. The highest BCUT2D eigenvalue weighted by molar-refractivity contribution is 7.89. The molecule has 4 atom stereocenters. The van der Waals surface area contributed by atoms with Gasteiger partial charge >= 0.3 is 0 Å². The first kappa shape index (κ1) is 14.6. The topological polar surface area (TPSA) is 81.4 Å². The van der Waals surface area contributed by atoms with E-state index in [9.17, 15) is 8.42 Å². The van der Waals surface area contributed by atoms with E-state index in [2.05, 4.69) is 4.72 Å². The minimum atomic E-state index is -3.68. The molecule has 0 amide bonds. The second-order valence-corrected chi connectivity index (χ2v) is 7.62. The number of fused-ring (bicyclic) bond motifs is 1. The van der Waals surface area contributed by atoms with Gasteiger partial charge in [-0.25, -0.2) is 13.1 Å². The van der Waals surface area contributed by atoms with Crippen molar-refractivity contribution in [3.05, 3.63) is 28.2 Å². The fourth-order valence-electron chi connectivity index (χ4n) is 2.79. The summed E-state index contributed by atoms with van der Waals surface area (Å²) in [6.45, 7) is 0.633. The zero-order chi connectivity index (χ0) is 14.5. The third-order valence-electron chi connectivity index (χ3n) is 3.94. The molecule has 1 aromatic carbocycles. The molecule has 4 unspecified atom stereocenters. The molecule has 0 radical (unpaired) electrons. The van der Waals surface area contributed by atoms with Gasteiger partial charge in [0.1, 0.15) is 0 Å². The maximum Gasteiger partial charge on any atom is 0.241 e. The lowest BCUT2D eigenvalue weighted by atomic mass is 9.73. The van der Waals surface area contributed by atoms with Crippen molar-refractivity contribution in [2.75, 3.05) is 6.61 Å². The van der Waals surface area contributed by atoms with Crippen molar-refractivity contribution in [3.8, 4) is 0 Å². The summed E-state index contributed by atoms with van der Waals surface area (Å²) < 4.78 is 32.7. The highest BCUT2D eigenvalue weighted by Gasteiger charge is 2.53. The summed E-state index contributed by atoms with van der Waals surface area (Å²) in [5.74, 6) is 0.247. The molecule has 5 nitrogen and oxygen atoms in total. The van der Waals surface area contributed by atoms with Crippen LogP contribution in [0.5, 0.6) is 0 Å². The zero-order valence-electron chi connectivity index (χ0n) is 10.4. The van der Waals surface area contributed by atoms with Crippen molar-refractivity contribution in [3.63, 3.8) is 0 Å². The van der Waals surface area contributed by atoms with Gasteiger partial charge in [0.25, 0.3) is 0 Å². The van der Waals surface area contributed by atoms with Crippen molar-refractivity contribution in [1.29, 1.82) is 0 Å². The maximum atomic E-state index is 12.3. The molecule has 3 rings (SSSR count). The van der Waals surface area contributed by atoms with Crippen LogP contribution in [0.3, 0.4) is 0 Å². The van der Waals surface area contributed by atoms with Crippen molar-refractivity contribution in [2.24, 2.45) is 11.7 Å². The highest BCUT2D eigenvalue weighted by Crippen LogP contribution is 2.38. The molecule has 1 saturated heterocycles. The number of benzene rings is 1. The van der Waals surface area contributed by atoms with E-state index >= 15 is 0 Å². The standard InChI is InChI=1S/C12H14Cl2N2O3S/c13-8-2-1-6(5-9(8)14)20(17,18)16-11-10(15)7-3-4-19-12(7)11/h1-2,5,7,10-12,16H,3-4,15H2. The number of sulfonamides is 1. The second kappa shape index (κ2) is 5.12. The van der Waals surface area contributed by atoms with E-state index in [4.69, 9.17) is 33.7 Å². The van der Waals surface area contributed by atoms with Crippen LogP contribution in [0.4, 0.5) is 0 Å². The molecular weight excluding hydrogens is 323 g/mol. The summed E-state index contributed by atoms with van der Waals surface area (Å²) in [5, 5.41) is 0.507. The first-order valence-corrected chi connectivity index (χ1v) is 8.48. The van der Waals surface area contributed by atoms with Crippen molar-refractivity contribution in [2.45, 2.75) is 29.5 Å². The van der Waals surface area contributed by atoms with E-state index in [1.165, 1.54) is 18.2 Å². The van der Waals surface area contributed by atoms with E-state index in [0.29, 0.717) is 11.6 Å². The van der Waals surface area contributed by atoms with Gasteiger partial charge in [-0.2, -0.15) is 0 Å². The van der Waals surface area contributed by atoms with Gasteiger partial charge in [-0.15, -0.1) is 0 Å². The van der Waals surface area contributed by atoms with Crippen LogP contribution >= 0.6 is 23.2 Å². The predicted octanol–water partition coefficient (Wildman–Crippen LogP) is 1.39. The van der Waals surface area contributed by atoms with Gasteiger partial charge < -0.3 is 10.5 Å². The molecule has 0 aromatic heterocycles. The number of nitrogens with two attached hydrogens (primary N) is 1. The average Bonchev–Trinajstić information content (AvgIpc) is 2.84. The predicted molar refractivity (Wildman–Crippen MR) is 76.4 cm³/mol. The lowest BCUT2D eigenvalue weighted by molar-refractivity contribution is -0.00923. The first-order valence-electron chi connectivity index (χ1n) is 6.25. The van der Waals surface area contributed by atoms with Crippen molar-refractivity contribution >= 4 is 33.2 Å². The number of rotatable bonds is 3. The van der Waals surface area contributed by atoms with E-state index < -0.39 is 10.0 Å². The lowest BCUT2D eigenvalue weighted by Gasteiger charge is -2.45. The minimum absolute atomic E-state index is 0.0700. The molecule has 3 N–H and O–H groups in total. The molecule has 20 heavy (non-hydrogen) atoms. The van der Waals surface area contributed by atoms with E-state index in [0.717, 1.165) is 6.42 Å². The Bertz CT molecular complexity index is 638. The number of hydrogen-bond acceptors (Lipinski definition) is 4. The molecule has 1 aliphatic heterocycles. The first-order chi connectivity index (χ1) is 9.40. The largest absolute Gasteiger partial charge is 0.376 e. The quantitative estimate of drug-likeness (QED) is 0.873. The van der Waals surface area contributed by atoms with Crippen LogP contribution in [-0.4, -0.2) is 33.2 Å². The van der Waals surface area contributed by atoms with Crippen LogP contribution in [0.2, 0.25) is 10.0 Å². The van der Waals surface area contributed by atoms with Crippen LogP contribution in [0.15, 0.2) is 23.1 Å². The Hall–Kier alpha value is -0.370. The lowest BCUT2D eigenvalue weighted by Crippen LogP contribution is -2.68. The zero-order valence-corrected chi connectivity index (χ0v) is 12.8. The van der Waals surface area contributed by atoms with Crippen LogP contribution in [0.25, 0.3) is 0 Å². The van der Waals surface area contributed by atoms with Crippen LogP contribution in [0.1, 0.15) is 6.42 Å². The van der Waals surface area contributed by atoms with E-state index in [-0.39, 0.29) is 34.0 Å². The average molecular weight is 337 g/mol. The van der Waals surface area contributed by atoms with Gasteiger partial charge in [0, 0.05) is 18.6 Å². The summed E-state index contributed by atoms with van der Waals surface area (Å²) in [6, 6.07) is 3.59. The number of nitrogens with one attached hydrogen (secondary N) is 1. The molecule has 110 valence electrons. The Kier molecular flexibility index (Phi) is 3.73. The van der Waals surface area contributed by atoms with Gasteiger partial charge in [0.05, 0.1) is 27.1 Å². The number of hydrogen-bond donors (Lipinski definition) is 2. The minimum Gasteiger partial charge on any atom is -0.376 e. The molecule has 8 heteroatoms. The molecule has 2 fully saturated rings. The smallest absolute Gasteiger partial charge is 0.241 e. The number of ether oxygens (including phenoxy) is 1. The molecule has 1 aromatic rings. The van der Waals surface area contributed by atoms with Gasteiger partial charge in [0.15, 0.2) is 0 Å². The van der Waals surface area contributed by atoms with Crippen LogP contribution in [0, 0.1) is 5.92 Å². The Morgan fingerprint density at radius 1 is 1.30 bits per heavy atom. The maximum absolute atomic E-state index is 12.3. The van der Waals surface area contributed by atoms with E-state index in [1.807, 2.05) is 0 Å². The Morgan fingerprint density at radius 2 is 2.05 bits per heavy atom. The Morgan fingerprint density at radius 3 is 2.75 bits per heavy atom. The molecule has 2 aliphatic rings. The summed E-state index contributed by atoms with van der Waals surface area (Å²) in [7, 11) is -3.68. The Labute approximate surface area is 127 Å². The van der Waals surface area contributed by atoms with E-state index in [1.54, 1.807) is 0 Å². The molecular formula is C12H14Cl2N2O3S. The molecule has 1 aliphatic carbocycles. The molecule has 1 saturated carbocycles. The van der Waals surface area contributed by atoms with Gasteiger partial charge in [-0.05, 0) is 24.6 Å². The van der Waals surface area contributed by atoms with Gasteiger partial charge in [-0.3, -0.25) is 0 Å². The molecule has 1 heterocycles. The molecule has 0 spiro atoms. The summed E-state index contributed by atoms with van der Waals surface area (Å²) in [5.41, 5.74) is 5.99. The summed E-state index contributed by atoms with van der Waals surface area (Å²) in [4.78, 5) is 0.0700. The van der Waals surface area contributed by atoms with Gasteiger partial charge in [0.2, 0.25) is 10.0 Å². The van der Waals surface area contributed by atoms with Gasteiger partial charge in [-0.1, -0.05) is 23.2 Å².